The van der Waals surface area contributed by atoms with Crippen LogP contribution in [-0.4, -0.2) is 24.4 Å². The van der Waals surface area contributed by atoms with Gasteiger partial charge in [-0.05, 0) is 43.6 Å². The molecule has 2 amide bonds. The third-order valence-corrected chi connectivity index (χ3v) is 3.98. The predicted molar refractivity (Wildman–Crippen MR) is 76.0 cm³/mol. The summed E-state index contributed by atoms with van der Waals surface area (Å²) < 4.78 is 0. The normalized spacial score (nSPS) is 14.1. The van der Waals surface area contributed by atoms with Crippen LogP contribution in [0, 0.1) is 0 Å². The first-order valence-electron chi connectivity index (χ1n) is 6.82. The van der Waals surface area contributed by atoms with Gasteiger partial charge in [0.15, 0.2) is 0 Å². The Morgan fingerprint density at radius 3 is 2.79 bits per heavy atom. The molecule has 0 radical (unpaired) electrons. The minimum atomic E-state index is -0.0746. The summed E-state index contributed by atoms with van der Waals surface area (Å²) in [5, 5.41) is 7.57. The summed E-state index contributed by atoms with van der Waals surface area (Å²) in [6.07, 6.45) is 5.57. The van der Waals surface area contributed by atoms with Crippen molar-refractivity contribution in [2.45, 2.75) is 44.6 Å². The van der Waals surface area contributed by atoms with Crippen LogP contribution in [0.3, 0.4) is 0 Å². The average molecular weight is 280 g/mol. The molecule has 5 heteroatoms. The molecular weight excluding hydrogens is 260 g/mol. The SMILES string of the molecule is O=C(CCCCc1cccs1)NCC(=O)NC1CC1. The summed E-state index contributed by atoms with van der Waals surface area (Å²) in [4.78, 5) is 24.2. The highest BCUT2D eigenvalue weighted by molar-refractivity contribution is 7.09. The average Bonchev–Trinajstić information content (AvgIpc) is 3.05. The molecule has 1 aliphatic rings. The van der Waals surface area contributed by atoms with Crippen molar-refractivity contribution in [3.63, 3.8) is 0 Å². The number of amides is 2. The first-order chi connectivity index (χ1) is 9.24. The van der Waals surface area contributed by atoms with Gasteiger partial charge in [-0.25, -0.2) is 0 Å². The zero-order chi connectivity index (χ0) is 13.5. The molecule has 104 valence electrons. The molecule has 2 N–H and O–H groups in total. The van der Waals surface area contributed by atoms with Crippen molar-refractivity contribution in [1.82, 2.24) is 10.6 Å². The molecule has 0 atom stereocenters. The summed E-state index contributed by atoms with van der Waals surface area (Å²) in [6.45, 7) is 0.111. The van der Waals surface area contributed by atoms with Gasteiger partial charge in [0.1, 0.15) is 0 Å². The molecule has 1 aliphatic carbocycles. The van der Waals surface area contributed by atoms with Gasteiger partial charge in [0.2, 0.25) is 11.8 Å². The van der Waals surface area contributed by atoms with E-state index in [1.807, 2.05) is 6.07 Å². The van der Waals surface area contributed by atoms with E-state index in [1.54, 1.807) is 11.3 Å². The largest absolute Gasteiger partial charge is 0.352 e. The zero-order valence-electron chi connectivity index (χ0n) is 11.0. The van der Waals surface area contributed by atoms with Crippen molar-refractivity contribution in [3.8, 4) is 0 Å². The van der Waals surface area contributed by atoms with Gasteiger partial charge in [0, 0.05) is 17.3 Å². The van der Waals surface area contributed by atoms with Gasteiger partial charge in [-0.1, -0.05) is 6.07 Å². The zero-order valence-corrected chi connectivity index (χ0v) is 11.8. The third-order valence-electron chi connectivity index (χ3n) is 3.05. The van der Waals surface area contributed by atoms with Crippen LogP contribution in [-0.2, 0) is 16.0 Å². The number of hydrogen-bond donors (Lipinski definition) is 2. The molecule has 0 aromatic carbocycles. The van der Waals surface area contributed by atoms with Crippen molar-refractivity contribution in [2.24, 2.45) is 0 Å². The van der Waals surface area contributed by atoms with Crippen LogP contribution in [0.1, 0.15) is 37.0 Å². The molecule has 0 aliphatic heterocycles. The maximum Gasteiger partial charge on any atom is 0.239 e. The van der Waals surface area contributed by atoms with E-state index >= 15 is 0 Å². The third kappa shape index (κ3) is 5.87. The number of carbonyl (C=O) groups is 2. The summed E-state index contributed by atoms with van der Waals surface area (Å²) in [7, 11) is 0. The Kier molecular flexibility index (Phi) is 5.39. The molecule has 1 aromatic rings. The predicted octanol–water partition coefficient (Wildman–Crippen LogP) is 1.86. The van der Waals surface area contributed by atoms with E-state index in [1.165, 1.54) is 4.88 Å². The second-order valence-corrected chi connectivity index (χ2v) is 5.94. The van der Waals surface area contributed by atoms with Crippen molar-refractivity contribution in [1.29, 1.82) is 0 Å². The van der Waals surface area contributed by atoms with Crippen LogP contribution in [0.4, 0.5) is 0 Å². The van der Waals surface area contributed by atoms with Crippen LogP contribution < -0.4 is 10.6 Å². The molecule has 0 unspecified atom stereocenters. The highest BCUT2D eigenvalue weighted by Crippen LogP contribution is 2.18. The molecule has 19 heavy (non-hydrogen) atoms. The number of hydrogen-bond acceptors (Lipinski definition) is 3. The molecule has 1 aromatic heterocycles. The van der Waals surface area contributed by atoms with E-state index in [2.05, 4.69) is 22.1 Å². The van der Waals surface area contributed by atoms with Crippen LogP contribution in [0.15, 0.2) is 17.5 Å². The molecule has 1 saturated carbocycles. The lowest BCUT2D eigenvalue weighted by atomic mass is 10.1. The Hall–Kier alpha value is -1.36. The van der Waals surface area contributed by atoms with Gasteiger partial charge in [0.25, 0.3) is 0 Å². The van der Waals surface area contributed by atoms with Crippen LogP contribution in [0.25, 0.3) is 0 Å². The molecule has 4 nitrogen and oxygen atoms in total. The Bertz CT molecular complexity index is 413. The molecule has 0 saturated heterocycles. The fraction of sp³-hybridized carbons (Fsp3) is 0.571. The fourth-order valence-corrected chi connectivity index (χ4v) is 2.56. The van der Waals surface area contributed by atoms with Gasteiger partial charge >= 0.3 is 0 Å². The Balaban J connectivity index is 1.48. The fourth-order valence-electron chi connectivity index (χ4n) is 1.81. The smallest absolute Gasteiger partial charge is 0.239 e. The lowest BCUT2D eigenvalue weighted by Crippen LogP contribution is -2.37. The van der Waals surface area contributed by atoms with Crippen LogP contribution >= 0.6 is 11.3 Å². The first-order valence-corrected chi connectivity index (χ1v) is 7.70. The summed E-state index contributed by atoms with van der Waals surface area (Å²) in [6, 6.07) is 4.52. The standard InChI is InChI=1S/C14H20N2O2S/c17-13(15-10-14(18)16-11-7-8-11)6-2-1-4-12-5-3-9-19-12/h3,5,9,11H,1-2,4,6-8,10H2,(H,15,17)(H,16,18). The number of nitrogens with one attached hydrogen (secondary N) is 2. The molecule has 0 spiro atoms. The van der Waals surface area contributed by atoms with E-state index in [4.69, 9.17) is 0 Å². The second-order valence-electron chi connectivity index (χ2n) is 4.90. The van der Waals surface area contributed by atoms with Crippen molar-refractivity contribution < 1.29 is 9.59 Å². The number of thiophene rings is 1. The van der Waals surface area contributed by atoms with E-state index in [0.29, 0.717) is 12.5 Å². The summed E-state index contributed by atoms with van der Waals surface area (Å²) in [5.41, 5.74) is 0. The van der Waals surface area contributed by atoms with E-state index in [9.17, 15) is 9.59 Å². The molecular formula is C14H20N2O2S. The molecule has 0 bridgehead atoms. The number of aryl methyl sites for hydroxylation is 1. The lowest BCUT2D eigenvalue weighted by Gasteiger charge is -2.05. The quantitative estimate of drug-likeness (QED) is 0.714. The van der Waals surface area contributed by atoms with Crippen molar-refractivity contribution >= 4 is 23.2 Å². The monoisotopic (exact) mass is 280 g/mol. The Morgan fingerprint density at radius 1 is 1.26 bits per heavy atom. The summed E-state index contributed by atoms with van der Waals surface area (Å²) in [5.74, 6) is -0.105. The number of unbranched alkanes of at least 4 members (excludes halogenated alkanes) is 1. The molecule has 1 heterocycles. The van der Waals surface area contributed by atoms with E-state index in [0.717, 1.165) is 32.1 Å². The highest BCUT2D eigenvalue weighted by Gasteiger charge is 2.22. The molecule has 2 rings (SSSR count). The molecule has 1 fully saturated rings. The lowest BCUT2D eigenvalue weighted by molar-refractivity contribution is -0.126. The van der Waals surface area contributed by atoms with Crippen molar-refractivity contribution in [3.05, 3.63) is 22.4 Å². The number of carbonyl (C=O) groups excluding carboxylic acids is 2. The summed E-state index contributed by atoms with van der Waals surface area (Å²) >= 11 is 1.75. The maximum absolute atomic E-state index is 11.5. The topological polar surface area (TPSA) is 58.2 Å². The second kappa shape index (κ2) is 7.28. The van der Waals surface area contributed by atoms with Crippen molar-refractivity contribution in [2.75, 3.05) is 6.54 Å². The maximum atomic E-state index is 11.5. The van der Waals surface area contributed by atoms with Crippen LogP contribution in [0.2, 0.25) is 0 Å². The van der Waals surface area contributed by atoms with Crippen LogP contribution in [0.5, 0.6) is 0 Å². The van der Waals surface area contributed by atoms with Gasteiger partial charge in [-0.15, -0.1) is 11.3 Å². The highest BCUT2D eigenvalue weighted by atomic mass is 32.1. The Labute approximate surface area is 117 Å². The van der Waals surface area contributed by atoms with E-state index in [-0.39, 0.29) is 18.4 Å². The van der Waals surface area contributed by atoms with Gasteiger partial charge in [-0.3, -0.25) is 9.59 Å². The Morgan fingerprint density at radius 2 is 2.11 bits per heavy atom. The minimum Gasteiger partial charge on any atom is -0.352 e. The van der Waals surface area contributed by atoms with E-state index < -0.39 is 0 Å². The van der Waals surface area contributed by atoms with Gasteiger partial charge < -0.3 is 10.6 Å². The van der Waals surface area contributed by atoms with Gasteiger partial charge in [0.05, 0.1) is 6.54 Å². The minimum absolute atomic E-state index is 0.0304. The number of rotatable bonds is 8. The van der Waals surface area contributed by atoms with Gasteiger partial charge in [-0.2, -0.15) is 0 Å². The first kappa shape index (κ1) is 14.1.